The third kappa shape index (κ3) is 4.39. The summed E-state index contributed by atoms with van der Waals surface area (Å²) in [7, 11) is 0. The van der Waals surface area contributed by atoms with E-state index in [0.29, 0.717) is 5.95 Å². The summed E-state index contributed by atoms with van der Waals surface area (Å²) >= 11 is 0. The van der Waals surface area contributed by atoms with Gasteiger partial charge in [-0.25, -0.2) is 15.0 Å². The number of hydrogen-bond donors (Lipinski definition) is 0. The Morgan fingerprint density at radius 3 is 1.62 bits per heavy atom. The molecule has 0 fully saturated rings. The molecule has 0 amide bonds. The summed E-state index contributed by atoms with van der Waals surface area (Å²) in [4.78, 5) is 16.1. The highest BCUT2D eigenvalue weighted by Crippen LogP contribution is 2.45. The standard InChI is InChI=1S/C51H31N5/c1-4-16-32(17-5-1)48-39-24-12-14-26-41(39)52-51(54-48)56-42-27-15-13-25-40(42)47-43(56)30-28-37-38-29-31-44-49(46(38)36-23-11-10-22-35(36)45(37)47)53-50(33-18-6-2-7-19-33)55(44)34-20-8-3-9-21-34/h1-31H. The van der Waals surface area contributed by atoms with Crippen molar-refractivity contribution in [1.29, 1.82) is 0 Å². The molecule has 0 atom stereocenters. The van der Waals surface area contributed by atoms with Crippen LogP contribution in [0.4, 0.5) is 0 Å². The quantitative estimate of drug-likeness (QED) is 0.171. The molecule has 0 bridgehead atoms. The third-order valence-corrected chi connectivity index (χ3v) is 11.3. The zero-order chi connectivity index (χ0) is 36.7. The number of nitrogens with zero attached hydrogens (tertiary/aromatic N) is 5. The number of imidazole rings is 1. The molecule has 3 aromatic heterocycles. The predicted octanol–water partition coefficient (Wildman–Crippen LogP) is 12.9. The minimum atomic E-state index is 0.653. The van der Waals surface area contributed by atoms with Crippen LogP contribution in [0.5, 0.6) is 0 Å². The van der Waals surface area contributed by atoms with Crippen molar-refractivity contribution >= 4 is 76.1 Å². The first-order valence-corrected chi connectivity index (χ1v) is 19.0. The fourth-order valence-electron chi connectivity index (χ4n) is 8.94. The van der Waals surface area contributed by atoms with Crippen LogP contribution in [0.3, 0.4) is 0 Å². The molecule has 9 aromatic carbocycles. The van der Waals surface area contributed by atoms with Crippen LogP contribution in [0.1, 0.15) is 0 Å². The predicted molar refractivity (Wildman–Crippen MR) is 232 cm³/mol. The molecular formula is C51H31N5. The van der Waals surface area contributed by atoms with Crippen molar-refractivity contribution in [3.63, 3.8) is 0 Å². The number of aromatic nitrogens is 5. The summed E-state index contributed by atoms with van der Waals surface area (Å²) in [6.45, 7) is 0. The molecule has 5 heteroatoms. The molecule has 0 N–H and O–H groups in total. The lowest BCUT2D eigenvalue weighted by Crippen LogP contribution is -2.03. The van der Waals surface area contributed by atoms with E-state index in [0.717, 1.165) is 72.1 Å². The van der Waals surface area contributed by atoms with Crippen LogP contribution in [0.25, 0.3) is 110 Å². The Labute approximate surface area is 321 Å². The van der Waals surface area contributed by atoms with Gasteiger partial charge in [-0.3, -0.25) is 9.13 Å². The molecule has 12 rings (SSSR count). The van der Waals surface area contributed by atoms with Crippen LogP contribution in [-0.2, 0) is 0 Å². The molecule has 0 aliphatic carbocycles. The van der Waals surface area contributed by atoms with Gasteiger partial charge >= 0.3 is 0 Å². The van der Waals surface area contributed by atoms with Crippen molar-refractivity contribution < 1.29 is 0 Å². The molecule has 3 heterocycles. The Kier molecular flexibility index (Phi) is 6.56. The third-order valence-electron chi connectivity index (χ3n) is 11.3. The number of fused-ring (bicyclic) bond motifs is 13. The number of para-hydroxylation sites is 3. The fraction of sp³-hybridized carbons (Fsp3) is 0. The second-order valence-electron chi connectivity index (χ2n) is 14.4. The van der Waals surface area contributed by atoms with Gasteiger partial charge in [-0.15, -0.1) is 0 Å². The highest BCUT2D eigenvalue weighted by molar-refractivity contribution is 6.37. The average molecular weight is 714 g/mol. The minimum Gasteiger partial charge on any atom is -0.292 e. The first-order chi connectivity index (χ1) is 27.8. The molecule has 0 saturated heterocycles. The number of benzene rings is 9. The van der Waals surface area contributed by atoms with Crippen molar-refractivity contribution in [2.45, 2.75) is 0 Å². The first-order valence-electron chi connectivity index (χ1n) is 19.0. The lowest BCUT2D eigenvalue weighted by atomic mass is 9.91. The van der Waals surface area contributed by atoms with E-state index in [-0.39, 0.29) is 0 Å². The largest absolute Gasteiger partial charge is 0.292 e. The van der Waals surface area contributed by atoms with Crippen molar-refractivity contribution in [2.75, 3.05) is 0 Å². The van der Waals surface area contributed by atoms with Crippen molar-refractivity contribution in [1.82, 2.24) is 24.1 Å². The maximum atomic E-state index is 5.50. The summed E-state index contributed by atoms with van der Waals surface area (Å²) in [6, 6.07) is 66.4. The van der Waals surface area contributed by atoms with Crippen LogP contribution in [0.15, 0.2) is 188 Å². The first kappa shape index (κ1) is 30.8. The van der Waals surface area contributed by atoms with Gasteiger partial charge in [-0.05, 0) is 57.9 Å². The Bertz CT molecular complexity index is 3490. The topological polar surface area (TPSA) is 48.5 Å². The van der Waals surface area contributed by atoms with E-state index in [4.69, 9.17) is 15.0 Å². The molecule has 56 heavy (non-hydrogen) atoms. The Hall–Kier alpha value is -7.63. The van der Waals surface area contributed by atoms with Gasteiger partial charge < -0.3 is 0 Å². The van der Waals surface area contributed by atoms with E-state index in [9.17, 15) is 0 Å². The van der Waals surface area contributed by atoms with Crippen LogP contribution in [0.2, 0.25) is 0 Å². The molecule has 260 valence electrons. The second-order valence-corrected chi connectivity index (χ2v) is 14.4. The molecule has 0 spiro atoms. The molecular weight excluding hydrogens is 683 g/mol. The normalized spacial score (nSPS) is 11.9. The van der Waals surface area contributed by atoms with Gasteiger partial charge in [0.2, 0.25) is 5.95 Å². The van der Waals surface area contributed by atoms with E-state index in [1.165, 1.54) is 32.3 Å². The smallest absolute Gasteiger partial charge is 0.235 e. The van der Waals surface area contributed by atoms with Crippen LogP contribution in [0, 0.1) is 0 Å². The molecule has 0 saturated carbocycles. The Balaban J connectivity index is 1.21. The molecule has 0 aliphatic rings. The highest BCUT2D eigenvalue weighted by Gasteiger charge is 2.23. The van der Waals surface area contributed by atoms with Crippen molar-refractivity contribution in [2.24, 2.45) is 0 Å². The number of hydrogen-bond acceptors (Lipinski definition) is 3. The zero-order valence-corrected chi connectivity index (χ0v) is 30.1. The van der Waals surface area contributed by atoms with Crippen LogP contribution in [-0.4, -0.2) is 24.1 Å². The van der Waals surface area contributed by atoms with Gasteiger partial charge in [0.1, 0.15) is 5.82 Å². The second kappa shape index (κ2) is 11.9. The Morgan fingerprint density at radius 1 is 0.321 bits per heavy atom. The van der Waals surface area contributed by atoms with E-state index in [2.05, 4.69) is 185 Å². The van der Waals surface area contributed by atoms with E-state index < -0.39 is 0 Å². The fourth-order valence-corrected chi connectivity index (χ4v) is 8.94. The minimum absolute atomic E-state index is 0.653. The Morgan fingerprint density at radius 2 is 0.875 bits per heavy atom. The van der Waals surface area contributed by atoms with E-state index in [1.807, 2.05) is 12.1 Å². The van der Waals surface area contributed by atoms with Crippen LogP contribution >= 0.6 is 0 Å². The average Bonchev–Trinajstić information content (AvgIpc) is 3.83. The summed E-state index contributed by atoms with van der Waals surface area (Å²) in [5.41, 5.74) is 9.25. The van der Waals surface area contributed by atoms with Crippen LogP contribution < -0.4 is 0 Å². The SMILES string of the molecule is c1ccc(-c2nc(-n3c4ccccc4c4c5c6ccccc6c6c(ccc7c6nc(-c6ccccc6)n7-c6ccccc6)c5ccc43)nc3ccccc23)cc1. The van der Waals surface area contributed by atoms with Gasteiger partial charge in [-0.2, -0.15) is 0 Å². The molecule has 12 aromatic rings. The lowest BCUT2D eigenvalue weighted by molar-refractivity contribution is 1.01. The summed E-state index contributed by atoms with van der Waals surface area (Å²) in [5.74, 6) is 1.58. The van der Waals surface area contributed by atoms with Gasteiger partial charge in [0.05, 0.1) is 33.3 Å². The van der Waals surface area contributed by atoms with Gasteiger partial charge in [-0.1, -0.05) is 152 Å². The molecule has 5 nitrogen and oxygen atoms in total. The highest BCUT2D eigenvalue weighted by atomic mass is 15.2. The maximum absolute atomic E-state index is 5.50. The van der Waals surface area contributed by atoms with Crippen molar-refractivity contribution in [3.05, 3.63) is 188 Å². The van der Waals surface area contributed by atoms with Gasteiger partial charge in [0.25, 0.3) is 0 Å². The molecule has 0 radical (unpaired) electrons. The summed E-state index contributed by atoms with van der Waals surface area (Å²) < 4.78 is 4.55. The van der Waals surface area contributed by atoms with Gasteiger partial charge in [0, 0.05) is 43.7 Å². The van der Waals surface area contributed by atoms with Crippen molar-refractivity contribution in [3.8, 4) is 34.3 Å². The lowest BCUT2D eigenvalue weighted by Gasteiger charge is -2.14. The monoisotopic (exact) mass is 713 g/mol. The number of rotatable bonds is 4. The summed E-state index contributed by atoms with van der Waals surface area (Å²) in [6.07, 6.45) is 0. The molecule has 0 unspecified atom stereocenters. The van der Waals surface area contributed by atoms with Gasteiger partial charge in [0.15, 0.2) is 0 Å². The zero-order valence-electron chi connectivity index (χ0n) is 30.1. The maximum Gasteiger partial charge on any atom is 0.235 e. The van der Waals surface area contributed by atoms with E-state index in [1.54, 1.807) is 0 Å². The molecule has 0 aliphatic heterocycles. The summed E-state index contributed by atoms with van der Waals surface area (Å²) in [5, 5.41) is 10.5. The van der Waals surface area contributed by atoms with E-state index >= 15 is 0 Å².